The molecule has 0 radical (unpaired) electrons. The first-order valence-corrected chi connectivity index (χ1v) is 7.16. The van der Waals surface area contributed by atoms with E-state index in [9.17, 15) is 9.59 Å². The van der Waals surface area contributed by atoms with Crippen LogP contribution in [0.4, 0.5) is 0 Å². The summed E-state index contributed by atoms with van der Waals surface area (Å²) in [6.45, 7) is 2.76. The second-order valence-electron chi connectivity index (χ2n) is 6.21. The minimum Gasteiger partial charge on any atom is -0.282 e. The molecule has 2 unspecified atom stereocenters. The molecule has 2 aliphatic carbocycles. The number of amides is 2. The summed E-state index contributed by atoms with van der Waals surface area (Å²) in [6, 6.07) is 0. The van der Waals surface area contributed by atoms with Gasteiger partial charge < -0.3 is 0 Å². The van der Waals surface area contributed by atoms with Crippen molar-refractivity contribution < 1.29 is 9.59 Å². The maximum atomic E-state index is 12.2. The normalized spacial score (nSPS) is 38.7. The smallest absolute Gasteiger partial charge is 0.233 e. The maximum absolute atomic E-state index is 12.2. The second-order valence-corrected chi connectivity index (χ2v) is 6.53. The van der Waals surface area contributed by atoms with Crippen molar-refractivity contribution >= 4 is 24.4 Å². The molecule has 2 atom stereocenters. The van der Waals surface area contributed by atoms with Crippen LogP contribution in [0.5, 0.6) is 0 Å². The molecule has 1 heterocycles. The number of fused-ring (bicyclic) bond motifs is 1. The lowest BCUT2D eigenvalue weighted by molar-refractivity contribution is -0.141. The summed E-state index contributed by atoms with van der Waals surface area (Å²) in [7, 11) is 0. The van der Waals surface area contributed by atoms with Gasteiger partial charge >= 0.3 is 0 Å². The first-order chi connectivity index (χ1) is 8.06. The van der Waals surface area contributed by atoms with Crippen LogP contribution in [0.3, 0.4) is 0 Å². The predicted octanol–water partition coefficient (Wildman–Crippen LogP) is 1.73. The number of likely N-dealkylation sites (tertiary alicyclic amines) is 1. The molecule has 3 nitrogen and oxygen atoms in total. The highest BCUT2D eigenvalue weighted by Gasteiger charge is 2.54. The summed E-state index contributed by atoms with van der Waals surface area (Å²) in [4.78, 5) is 26.0. The standard InChI is InChI=1S/C13H19NO2S/c1-8-4-9-10(5-8)12(16)14(11(9)15)6-13(7-17)2-3-13/h8-10,17H,2-7H2,1H3. The van der Waals surface area contributed by atoms with Gasteiger partial charge in [0, 0.05) is 6.54 Å². The molecule has 2 amide bonds. The minimum absolute atomic E-state index is 0.00628. The molecule has 3 fully saturated rings. The van der Waals surface area contributed by atoms with E-state index in [-0.39, 0.29) is 29.1 Å². The van der Waals surface area contributed by atoms with Crippen LogP contribution in [0.25, 0.3) is 0 Å². The fourth-order valence-electron chi connectivity index (χ4n) is 3.38. The number of rotatable bonds is 3. The van der Waals surface area contributed by atoms with Crippen molar-refractivity contribution in [1.29, 1.82) is 0 Å². The Bertz CT molecular complexity index is 354. The van der Waals surface area contributed by atoms with E-state index in [1.54, 1.807) is 4.90 Å². The summed E-state index contributed by atoms with van der Waals surface area (Å²) in [5.41, 5.74) is 0.151. The number of hydrogen-bond donors (Lipinski definition) is 1. The largest absolute Gasteiger partial charge is 0.282 e. The van der Waals surface area contributed by atoms with Crippen LogP contribution in [0.1, 0.15) is 32.6 Å². The van der Waals surface area contributed by atoms with E-state index >= 15 is 0 Å². The van der Waals surface area contributed by atoms with E-state index < -0.39 is 0 Å². The molecule has 2 saturated carbocycles. The molecule has 94 valence electrons. The first-order valence-electron chi connectivity index (χ1n) is 6.52. The van der Waals surface area contributed by atoms with Gasteiger partial charge in [0.15, 0.2) is 0 Å². The van der Waals surface area contributed by atoms with Gasteiger partial charge in [0.25, 0.3) is 0 Å². The van der Waals surface area contributed by atoms with Crippen molar-refractivity contribution in [3.05, 3.63) is 0 Å². The molecular formula is C13H19NO2S. The van der Waals surface area contributed by atoms with Gasteiger partial charge in [-0.3, -0.25) is 14.5 Å². The van der Waals surface area contributed by atoms with Crippen molar-refractivity contribution in [2.45, 2.75) is 32.6 Å². The van der Waals surface area contributed by atoms with Crippen LogP contribution >= 0.6 is 12.6 Å². The Morgan fingerprint density at radius 2 is 1.76 bits per heavy atom. The zero-order valence-electron chi connectivity index (χ0n) is 10.2. The van der Waals surface area contributed by atoms with Crippen molar-refractivity contribution in [1.82, 2.24) is 4.90 Å². The Balaban J connectivity index is 1.75. The summed E-state index contributed by atoms with van der Waals surface area (Å²) < 4.78 is 0. The highest BCUT2D eigenvalue weighted by atomic mass is 32.1. The SMILES string of the molecule is CC1CC2C(=O)N(CC3(CS)CC3)C(=O)C2C1. The lowest BCUT2D eigenvalue weighted by Crippen LogP contribution is -2.37. The Morgan fingerprint density at radius 3 is 2.18 bits per heavy atom. The molecule has 0 aromatic carbocycles. The zero-order valence-corrected chi connectivity index (χ0v) is 11.1. The topological polar surface area (TPSA) is 37.4 Å². The van der Waals surface area contributed by atoms with Crippen molar-refractivity contribution in [3.63, 3.8) is 0 Å². The maximum Gasteiger partial charge on any atom is 0.233 e. The highest BCUT2D eigenvalue weighted by Crippen LogP contribution is 2.50. The summed E-state index contributed by atoms with van der Waals surface area (Å²) >= 11 is 4.34. The van der Waals surface area contributed by atoms with Crippen molar-refractivity contribution in [2.75, 3.05) is 12.3 Å². The Morgan fingerprint density at radius 1 is 1.24 bits per heavy atom. The monoisotopic (exact) mass is 253 g/mol. The van der Waals surface area contributed by atoms with Crippen LogP contribution < -0.4 is 0 Å². The number of hydrogen-bond acceptors (Lipinski definition) is 3. The van der Waals surface area contributed by atoms with Crippen LogP contribution in [0, 0.1) is 23.2 Å². The lowest BCUT2D eigenvalue weighted by atomic mass is 10.00. The third-order valence-electron chi connectivity index (χ3n) is 4.75. The Kier molecular flexibility index (Phi) is 2.55. The van der Waals surface area contributed by atoms with Crippen molar-refractivity contribution in [2.24, 2.45) is 23.2 Å². The Hall–Kier alpha value is -0.510. The molecule has 0 aromatic rings. The third-order valence-corrected chi connectivity index (χ3v) is 5.42. The van der Waals surface area contributed by atoms with Gasteiger partial charge in [-0.25, -0.2) is 0 Å². The molecule has 4 heteroatoms. The molecule has 0 N–H and O–H groups in total. The highest BCUT2D eigenvalue weighted by molar-refractivity contribution is 7.80. The summed E-state index contributed by atoms with van der Waals surface area (Å²) in [6.07, 6.45) is 4.03. The average molecular weight is 253 g/mol. The van der Waals surface area contributed by atoms with E-state index in [2.05, 4.69) is 19.6 Å². The van der Waals surface area contributed by atoms with Gasteiger partial charge in [0.2, 0.25) is 11.8 Å². The molecular weight excluding hydrogens is 234 g/mol. The van der Waals surface area contributed by atoms with Crippen molar-refractivity contribution in [3.8, 4) is 0 Å². The van der Waals surface area contributed by atoms with Crippen LogP contribution in [0.15, 0.2) is 0 Å². The summed E-state index contributed by atoms with van der Waals surface area (Å²) in [5, 5.41) is 0. The van der Waals surface area contributed by atoms with Gasteiger partial charge in [-0.1, -0.05) is 6.92 Å². The number of nitrogens with zero attached hydrogens (tertiary/aromatic N) is 1. The Labute approximate surface area is 107 Å². The lowest BCUT2D eigenvalue weighted by Gasteiger charge is -2.22. The summed E-state index contributed by atoms with van der Waals surface area (Å²) in [5.74, 6) is 1.49. The van der Waals surface area contributed by atoms with E-state index in [0.717, 1.165) is 31.4 Å². The first kappa shape index (κ1) is 11.6. The average Bonchev–Trinajstić information content (AvgIpc) is 2.94. The van der Waals surface area contributed by atoms with Crippen LogP contribution in [-0.2, 0) is 9.59 Å². The van der Waals surface area contributed by atoms with Gasteiger partial charge in [-0.05, 0) is 42.8 Å². The fraction of sp³-hybridized carbons (Fsp3) is 0.846. The van der Waals surface area contributed by atoms with E-state index in [0.29, 0.717) is 12.5 Å². The van der Waals surface area contributed by atoms with E-state index in [1.807, 2.05) is 0 Å². The molecule has 1 aliphatic heterocycles. The minimum atomic E-state index is -0.00628. The van der Waals surface area contributed by atoms with E-state index in [4.69, 9.17) is 0 Å². The molecule has 0 spiro atoms. The molecule has 0 bridgehead atoms. The van der Waals surface area contributed by atoms with Crippen LogP contribution in [0.2, 0.25) is 0 Å². The molecule has 1 saturated heterocycles. The molecule has 0 aromatic heterocycles. The number of thiol groups is 1. The molecule has 3 aliphatic rings. The fourth-order valence-corrected chi connectivity index (χ4v) is 3.80. The second kappa shape index (κ2) is 3.74. The zero-order chi connectivity index (χ0) is 12.2. The van der Waals surface area contributed by atoms with Gasteiger partial charge in [0.1, 0.15) is 0 Å². The van der Waals surface area contributed by atoms with Gasteiger partial charge in [0.05, 0.1) is 11.8 Å². The third kappa shape index (κ3) is 1.72. The van der Waals surface area contributed by atoms with Crippen LogP contribution in [-0.4, -0.2) is 29.0 Å². The number of imide groups is 1. The van der Waals surface area contributed by atoms with E-state index in [1.165, 1.54) is 0 Å². The van der Waals surface area contributed by atoms with Gasteiger partial charge in [-0.2, -0.15) is 12.6 Å². The molecule has 3 rings (SSSR count). The predicted molar refractivity (Wildman–Crippen MR) is 67.6 cm³/mol. The molecule has 17 heavy (non-hydrogen) atoms. The number of carbonyl (C=O) groups is 2. The number of carbonyl (C=O) groups excluding carboxylic acids is 2. The quantitative estimate of drug-likeness (QED) is 0.614. The van der Waals surface area contributed by atoms with Gasteiger partial charge in [-0.15, -0.1) is 0 Å².